The highest BCUT2D eigenvalue weighted by Crippen LogP contribution is 2.13. The van der Waals surface area contributed by atoms with Gasteiger partial charge in [-0.1, -0.05) is 24.8 Å². The molecule has 0 atom stereocenters. The van der Waals surface area contributed by atoms with E-state index < -0.39 is 12.8 Å². The maximum absolute atomic E-state index is 11.3. The van der Waals surface area contributed by atoms with Gasteiger partial charge in [-0.15, -0.1) is 0 Å². The molecule has 0 aliphatic heterocycles. The third kappa shape index (κ3) is 6.01. The lowest BCUT2D eigenvalue weighted by Crippen LogP contribution is -2.27. The number of carbonyl (C=O) groups is 2. The summed E-state index contributed by atoms with van der Waals surface area (Å²) in [5.74, 6) is 0.0708. The van der Waals surface area contributed by atoms with Crippen molar-refractivity contribution in [2.24, 2.45) is 0 Å². The van der Waals surface area contributed by atoms with Crippen molar-refractivity contribution in [2.75, 3.05) is 13.3 Å². The van der Waals surface area contributed by atoms with Crippen LogP contribution in [-0.4, -0.2) is 30.5 Å². The normalized spacial score (nSPS) is 9.65. The van der Waals surface area contributed by atoms with Gasteiger partial charge in [0.15, 0.2) is 0 Å². The largest absolute Gasteiger partial charge is 0.461 e. The zero-order valence-corrected chi connectivity index (χ0v) is 11.0. The van der Waals surface area contributed by atoms with Crippen LogP contribution in [0.25, 0.3) is 0 Å². The van der Waals surface area contributed by atoms with Crippen LogP contribution in [-0.2, 0) is 16.0 Å². The highest BCUT2D eigenvalue weighted by Gasteiger charge is 2.05. The van der Waals surface area contributed by atoms with Gasteiger partial charge in [0.2, 0.25) is 0 Å². The van der Waals surface area contributed by atoms with E-state index in [-0.39, 0.29) is 19.0 Å². The van der Waals surface area contributed by atoms with E-state index in [1.54, 1.807) is 24.3 Å². The Hall–Kier alpha value is -2.34. The zero-order valence-electron chi connectivity index (χ0n) is 11.0. The molecule has 0 radical (unpaired) electrons. The number of aliphatic hydroxyl groups is 1. The van der Waals surface area contributed by atoms with Crippen LogP contribution < -0.4 is 10.1 Å². The summed E-state index contributed by atoms with van der Waals surface area (Å²) in [6, 6.07) is 6.73. The number of esters is 1. The number of aryl methyl sites for hydroxylation is 1. The standard InChI is InChI=1S/C14H17NO5/c1-2-9-19-13(17)8-5-11-3-6-12(7-4-11)20-14(18)15-10-16/h2-4,6-7,16H,1,5,8-10H2,(H,15,18). The molecule has 1 aromatic carbocycles. The summed E-state index contributed by atoms with van der Waals surface area (Å²) in [5, 5.41) is 10.6. The molecule has 108 valence electrons. The Balaban J connectivity index is 2.40. The van der Waals surface area contributed by atoms with Gasteiger partial charge < -0.3 is 14.6 Å². The summed E-state index contributed by atoms with van der Waals surface area (Å²) in [4.78, 5) is 22.3. The minimum atomic E-state index is -0.728. The van der Waals surface area contributed by atoms with Gasteiger partial charge in [0, 0.05) is 6.42 Å². The summed E-state index contributed by atoms with van der Waals surface area (Å²) in [6.07, 6.45) is 1.60. The van der Waals surface area contributed by atoms with Gasteiger partial charge in [0.1, 0.15) is 19.1 Å². The van der Waals surface area contributed by atoms with E-state index in [0.29, 0.717) is 12.2 Å². The molecule has 20 heavy (non-hydrogen) atoms. The van der Waals surface area contributed by atoms with E-state index in [4.69, 9.17) is 14.6 Å². The van der Waals surface area contributed by atoms with Crippen LogP contribution in [0.4, 0.5) is 4.79 Å². The fourth-order valence-electron chi connectivity index (χ4n) is 1.40. The lowest BCUT2D eigenvalue weighted by molar-refractivity contribution is -0.142. The average molecular weight is 279 g/mol. The molecule has 0 unspecified atom stereocenters. The van der Waals surface area contributed by atoms with Crippen molar-refractivity contribution in [3.63, 3.8) is 0 Å². The smallest absolute Gasteiger partial charge is 0.414 e. The SMILES string of the molecule is C=CCOC(=O)CCc1ccc(OC(=O)NCO)cc1. The van der Waals surface area contributed by atoms with Crippen LogP contribution in [0.15, 0.2) is 36.9 Å². The summed E-state index contributed by atoms with van der Waals surface area (Å²) in [5.41, 5.74) is 0.926. The van der Waals surface area contributed by atoms with Crippen LogP contribution in [0, 0.1) is 0 Å². The maximum atomic E-state index is 11.3. The first-order valence-electron chi connectivity index (χ1n) is 6.07. The zero-order chi connectivity index (χ0) is 14.8. The third-order valence-corrected chi connectivity index (χ3v) is 2.34. The van der Waals surface area contributed by atoms with Crippen molar-refractivity contribution in [3.8, 4) is 5.75 Å². The molecule has 0 fully saturated rings. The first-order valence-corrected chi connectivity index (χ1v) is 6.07. The van der Waals surface area contributed by atoms with Crippen molar-refractivity contribution in [1.82, 2.24) is 5.32 Å². The molecule has 1 rings (SSSR count). The molecule has 1 amide bonds. The van der Waals surface area contributed by atoms with Crippen molar-refractivity contribution in [2.45, 2.75) is 12.8 Å². The van der Waals surface area contributed by atoms with E-state index in [2.05, 4.69) is 11.9 Å². The van der Waals surface area contributed by atoms with Gasteiger partial charge in [0.05, 0.1) is 0 Å². The van der Waals surface area contributed by atoms with Crippen molar-refractivity contribution in [3.05, 3.63) is 42.5 Å². The molecule has 0 spiro atoms. The Morgan fingerprint density at radius 2 is 2.00 bits per heavy atom. The number of hydrogen-bond donors (Lipinski definition) is 2. The number of aliphatic hydroxyl groups excluding tert-OH is 1. The number of ether oxygens (including phenoxy) is 2. The van der Waals surface area contributed by atoms with E-state index in [1.807, 2.05) is 0 Å². The van der Waals surface area contributed by atoms with E-state index >= 15 is 0 Å². The summed E-state index contributed by atoms with van der Waals surface area (Å²) in [7, 11) is 0. The Labute approximate surface area is 117 Å². The van der Waals surface area contributed by atoms with Crippen molar-refractivity contribution >= 4 is 12.1 Å². The van der Waals surface area contributed by atoms with Crippen molar-refractivity contribution in [1.29, 1.82) is 0 Å². The number of amides is 1. The van der Waals surface area contributed by atoms with E-state index in [9.17, 15) is 9.59 Å². The molecular weight excluding hydrogens is 262 g/mol. The monoisotopic (exact) mass is 279 g/mol. The number of carbonyl (C=O) groups excluding carboxylic acids is 2. The van der Waals surface area contributed by atoms with Crippen molar-refractivity contribution < 1.29 is 24.2 Å². The Morgan fingerprint density at radius 3 is 2.60 bits per heavy atom. The fourth-order valence-corrected chi connectivity index (χ4v) is 1.40. The Kier molecular flexibility index (Phi) is 6.84. The second-order valence-corrected chi connectivity index (χ2v) is 3.84. The fraction of sp³-hybridized carbons (Fsp3) is 0.286. The topological polar surface area (TPSA) is 84.9 Å². The first kappa shape index (κ1) is 15.7. The van der Waals surface area contributed by atoms with Crippen LogP contribution in [0.1, 0.15) is 12.0 Å². The van der Waals surface area contributed by atoms with Crippen LogP contribution in [0.5, 0.6) is 5.75 Å². The molecule has 0 aromatic heterocycles. The third-order valence-electron chi connectivity index (χ3n) is 2.34. The highest BCUT2D eigenvalue weighted by molar-refractivity contribution is 5.70. The molecule has 0 aliphatic rings. The van der Waals surface area contributed by atoms with Crippen LogP contribution >= 0.6 is 0 Å². The Morgan fingerprint density at radius 1 is 1.30 bits per heavy atom. The molecule has 0 bridgehead atoms. The predicted molar refractivity (Wildman–Crippen MR) is 72.2 cm³/mol. The molecule has 6 heteroatoms. The van der Waals surface area contributed by atoms with Gasteiger partial charge in [-0.2, -0.15) is 0 Å². The van der Waals surface area contributed by atoms with Gasteiger partial charge in [-0.25, -0.2) is 4.79 Å². The number of rotatable bonds is 7. The first-order chi connectivity index (χ1) is 9.65. The average Bonchev–Trinajstić information content (AvgIpc) is 2.44. The maximum Gasteiger partial charge on any atom is 0.414 e. The van der Waals surface area contributed by atoms with Gasteiger partial charge >= 0.3 is 12.1 Å². The minimum Gasteiger partial charge on any atom is -0.461 e. The van der Waals surface area contributed by atoms with Crippen LogP contribution in [0.3, 0.4) is 0 Å². The Bertz CT molecular complexity index is 455. The number of benzene rings is 1. The second-order valence-electron chi connectivity index (χ2n) is 3.84. The lowest BCUT2D eigenvalue weighted by atomic mass is 10.1. The number of hydrogen-bond acceptors (Lipinski definition) is 5. The molecule has 0 heterocycles. The minimum absolute atomic E-state index is 0.214. The molecule has 0 saturated heterocycles. The lowest BCUT2D eigenvalue weighted by Gasteiger charge is -2.06. The summed E-state index contributed by atoms with van der Waals surface area (Å²) in [6.45, 7) is 3.19. The van der Waals surface area contributed by atoms with E-state index in [1.165, 1.54) is 6.08 Å². The summed E-state index contributed by atoms with van der Waals surface area (Å²) >= 11 is 0. The number of nitrogens with one attached hydrogen (secondary N) is 1. The molecule has 6 nitrogen and oxygen atoms in total. The van der Waals surface area contributed by atoms with Gasteiger partial charge in [0.25, 0.3) is 0 Å². The van der Waals surface area contributed by atoms with Gasteiger partial charge in [-0.05, 0) is 24.1 Å². The second kappa shape index (κ2) is 8.71. The van der Waals surface area contributed by atoms with Crippen LogP contribution in [0.2, 0.25) is 0 Å². The summed E-state index contributed by atoms with van der Waals surface area (Å²) < 4.78 is 9.73. The molecular formula is C14H17NO5. The molecule has 2 N–H and O–H groups in total. The highest BCUT2D eigenvalue weighted by atomic mass is 16.6. The quantitative estimate of drug-likeness (QED) is 0.447. The molecule has 1 aromatic rings. The van der Waals surface area contributed by atoms with Gasteiger partial charge in [-0.3, -0.25) is 10.1 Å². The molecule has 0 saturated carbocycles. The van der Waals surface area contributed by atoms with E-state index in [0.717, 1.165) is 5.56 Å². The predicted octanol–water partition coefficient (Wildman–Crippen LogP) is 1.39. The molecule has 0 aliphatic carbocycles.